The highest BCUT2D eigenvalue weighted by molar-refractivity contribution is 5.98. The second-order valence-corrected chi connectivity index (χ2v) is 7.60. The highest BCUT2D eigenvalue weighted by Gasteiger charge is 2.42. The summed E-state index contributed by atoms with van der Waals surface area (Å²) in [5.41, 5.74) is 0.740. The Labute approximate surface area is 148 Å². The number of nitrogens with zero attached hydrogens (tertiary/aromatic N) is 2. The van der Waals surface area contributed by atoms with Gasteiger partial charge in [-0.3, -0.25) is 9.59 Å². The molecule has 1 aliphatic carbocycles. The molecule has 0 spiro atoms. The van der Waals surface area contributed by atoms with Crippen LogP contribution in [0.15, 0.2) is 42.5 Å². The average molecular weight is 336 g/mol. The summed E-state index contributed by atoms with van der Waals surface area (Å²) < 4.78 is 0. The number of benzene rings is 2. The number of amides is 2. The van der Waals surface area contributed by atoms with Gasteiger partial charge in [0.15, 0.2) is 0 Å². The van der Waals surface area contributed by atoms with Crippen LogP contribution in [0.4, 0.5) is 0 Å². The zero-order valence-electron chi connectivity index (χ0n) is 14.8. The predicted octanol–water partition coefficient (Wildman–Crippen LogP) is 3.17. The van der Waals surface area contributed by atoms with E-state index in [1.807, 2.05) is 60.3 Å². The predicted molar refractivity (Wildman–Crippen MR) is 98.3 cm³/mol. The fourth-order valence-electron chi connectivity index (χ4n) is 4.50. The van der Waals surface area contributed by atoms with Crippen LogP contribution in [0.25, 0.3) is 10.8 Å². The van der Waals surface area contributed by atoms with Crippen molar-refractivity contribution >= 4 is 22.6 Å². The molecule has 2 aromatic rings. The molecule has 1 aliphatic heterocycles. The highest BCUT2D eigenvalue weighted by atomic mass is 16.2. The second-order valence-electron chi connectivity index (χ2n) is 7.60. The number of fused-ring (bicyclic) bond motifs is 2. The van der Waals surface area contributed by atoms with E-state index in [0.717, 1.165) is 35.7 Å². The van der Waals surface area contributed by atoms with Gasteiger partial charge in [-0.1, -0.05) is 30.3 Å². The second kappa shape index (κ2) is 6.17. The first-order valence-corrected chi connectivity index (χ1v) is 9.03. The maximum atomic E-state index is 13.0. The molecule has 1 saturated heterocycles. The van der Waals surface area contributed by atoms with Gasteiger partial charge in [0, 0.05) is 38.7 Å². The zero-order valence-corrected chi connectivity index (χ0v) is 14.8. The summed E-state index contributed by atoms with van der Waals surface area (Å²) in [6.45, 7) is 0.831. The van der Waals surface area contributed by atoms with Crippen molar-refractivity contribution in [2.75, 3.05) is 20.6 Å². The van der Waals surface area contributed by atoms with E-state index in [2.05, 4.69) is 6.07 Å². The zero-order chi connectivity index (χ0) is 17.6. The smallest absolute Gasteiger partial charge is 0.253 e. The molecule has 0 unspecified atom stereocenters. The quantitative estimate of drug-likeness (QED) is 0.845. The minimum Gasteiger partial charge on any atom is -0.345 e. The van der Waals surface area contributed by atoms with Crippen molar-refractivity contribution in [2.45, 2.75) is 25.3 Å². The molecular weight excluding hydrogens is 312 g/mol. The molecule has 3 atom stereocenters. The van der Waals surface area contributed by atoms with Crippen molar-refractivity contribution in [2.24, 2.45) is 11.8 Å². The molecule has 1 heterocycles. The van der Waals surface area contributed by atoms with Crippen LogP contribution >= 0.6 is 0 Å². The van der Waals surface area contributed by atoms with E-state index in [9.17, 15) is 9.59 Å². The number of piperidine rings is 1. The minimum atomic E-state index is 0.0779. The van der Waals surface area contributed by atoms with Gasteiger partial charge in [0.2, 0.25) is 5.91 Å². The molecule has 2 aliphatic rings. The topological polar surface area (TPSA) is 40.6 Å². The van der Waals surface area contributed by atoms with Crippen LogP contribution in [0.3, 0.4) is 0 Å². The molecule has 0 bridgehead atoms. The van der Waals surface area contributed by atoms with Gasteiger partial charge in [-0.25, -0.2) is 0 Å². The number of hydrogen-bond acceptors (Lipinski definition) is 2. The fourth-order valence-corrected chi connectivity index (χ4v) is 4.50. The summed E-state index contributed by atoms with van der Waals surface area (Å²) in [6, 6.07) is 14.2. The largest absolute Gasteiger partial charge is 0.345 e. The van der Waals surface area contributed by atoms with Crippen LogP contribution in [-0.2, 0) is 4.79 Å². The maximum Gasteiger partial charge on any atom is 0.253 e. The molecule has 2 amide bonds. The Balaban J connectivity index is 1.51. The summed E-state index contributed by atoms with van der Waals surface area (Å²) in [6.07, 6.45) is 2.58. The fraction of sp³-hybridized carbons (Fsp3) is 0.429. The third kappa shape index (κ3) is 2.90. The van der Waals surface area contributed by atoms with Gasteiger partial charge in [-0.15, -0.1) is 0 Å². The minimum absolute atomic E-state index is 0.0779. The lowest BCUT2D eigenvalue weighted by molar-refractivity contribution is -0.134. The van der Waals surface area contributed by atoms with Gasteiger partial charge >= 0.3 is 0 Å². The van der Waals surface area contributed by atoms with Crippen molar-refractivity contribution in [1.82, 2.24) is 9.80 Å². The first-order valence-electron chi connectivity index (χ1n) is 9.03. The normalized spacial score (nSPS) is 25.9. The third-order valence-electron chi connectivity index (χ3n) is 6.05. The van der Waals surface area contributed by atoms with E-state index in [-0.39, 0.29) is 17.9 Å². The SMILES string of the molecule is CN1C[C@@H]2C[C@H](N(C)C(=O)c3ccc4ccccc4c3)C[C@@H]2CC1=O. The Hall–Kier alpha value is -2.36. The third-order valence-corrected chi connectivity index (χ3v) is 6.05. The van der Waals surface area contributed by atoms with Crippen LogP contribution in [0.2, 0.25) is 0 Å². The van der Waals surface area contributed by atoms with E-state index in [4.69, 9.17) is 0 Å². The van der Waals surface area contributed by atoms with Gasteiger partial charge in [-0.2, -0.15) is 0 Å². The molecule has 2 aromatic carbocycles. The number of hydrogen-bond donors (Lipinski definition) is 0. The summed E-state index contributed by atoms with van der Waals surface area (Å²) in [5.74, 6) is 1.28. The molecule has 4 heteroatoms. The van der Waals surface area contributed by atoms with Crippen LogP contribution in [-0.4, -0.2) is 48.3 Å². The monoisotopic (exact) mass is 336 g/mol. The molecule has 0 aromatic heterocycles. The van der Waals surface area contributed by atoms with Crippen molar-refractivity contribution in [3.05, 3.63) is 48.0 Å². The first-order chi connectivity index (χ1) is 12.0. The van der Waals surface area contributed by atoms with E-state index >= 15 is 0 Å². The number of rotatable bonds is 2. The summed E-state index contributed by atoms with van der Waals surface area (Å²) >= 11 is 0. The summed E-state index contributed by atoms with van der Waals surface area (Å²) in [4.78, 5) is 28.6. The Bertz CT molecular complexity index is 832. The molecule has 0 N–H and O–H groups in total. The van der Waals surface area contributed by atoms with E-state index in [1.54, 1.807) is 0 Å². The van der Waals surface area contributed by atoms with Crippen LogP contribution < -0.4 is 0 Å². The van der Waals surface area contributed by atoms with Crippen LogP contribution in [0.5, 0.6) is 0 Å². The van der Waals surface area contributed by atoms with E-state index in [0.29, 0.717) is 18.3 Å². The Morgan fingerprint density at radius 3 is 2.60 bits per heavy atom. The summed E-state index contributed by atoms with van der Waals surface area (Å²) in [5, 5.41) is 2.24. The molecule has 4 nitrogen and oxygen atoms in total. The molecule has 1 saturated carbocycles. The van der Waals surface area contributed by atoms with Crippen LogP contribution in [0, 0.1) is 11.8 Å². The Morgan fingerprint density at radius 2 is 1.80 bits per heavy atom. The number of carbonyl (C=O) groups excluding carboxylic acids is 2. The molecular formula is C21H24N2O2. The Kier molecular flexibility index (Phi) is 3.98. The first kappa shape index (κ1) is 16.1. The molecule has 130 valence electrons. The van der Waals surface area contributed by atoms with Crippen molar-refractivity contribution in [3.63, 3.8) is 0 Å². The average Bonchev–Trinajstić information content (AvgIpc) is 3.03. The van der Waals surface area contributed by atoms with Crippen molar-refractivity contribution in [1.29, 1.82) is 0 Å². The lowest BCUT2D eigenvalue weighted by Crippen LogP contribution is -2.39. The molecule has 0 radical (unpaired) electrons. The standard InChI is InChI=1S/C21H24N2O2/c1-22-13-18-11-19(10-17(18)12-20(22)24)23(2)21(25)16-8-7-14-5-3-4-6-15(14)9-16/h3-9,17-19H,10-13H2,1-2H3/t17-,18+,19-/m1/s1. The van der Waals surface area contributed by atoms with Crippen molar-refractivity contribution in [3.8, 4) is 0 Å². The number of carbonyl (C=O) groups is 2. The lowest BCUT2D eigenvalue weighted by atomic mass is 9.88. The lowest BCUT2D eigenvalue weighted by Gasteiger charge is -2.31. The van der Waals surface area contributed by atoms with Crippen LogP contribution in [0.1, 0.15) is 29.6 Å². The summed E-state index contributed by atoms with van der Waals surface area (Å²) in [7, 11) is 3.79. The molecule has 25 heavy (non-hydrogen) atoms. The van der Waals surface area contributed by atoms with E-state index < -0.39 is 0 Å². The van der Waals surface area contributed by atoms with Gasteiger partial charge in [-0.05, 0) is 47.6 Å². The Morgan fingerprint density at radius 1 is 1.08 bits per heavy atom. The molecule has 4 rings (SSSR count). The molecule has 2 fully saturated rings. The maximum absolute atomic E-state index is 13.0. The van der Waals surface area contributed by atoms with Gasteiger partial charge < -0.3 is 9.80 Å². The van der Waals surface area contributed by atoms with E-state index in [1.165, 1.54) is 0 Å². The van der Waals surface area contributed by atoms with Gasteiger partial charge in [0.05, 0.1) is 0 Å². The van der Waals surface area contributed by atoms with Gasteiger partial charge in [0.1, 0.15) is 0 Å². The highest BCUT2D eigenvalue weighted by Crippen LogP contribution is 2.40. The van der Waals surface area contributed by atoms with Crippen molar-refractivity contribution < 1.29 is 9.59 Å². The van der Waals surface area contributed by atoms with Gasteiger partial charge in [0.25, 0.3) is 5.91 Å². The number of likely N-dealkylation sites (tertiary alicyclic amines) is 1.